The Hall–Kier alpha value is -2.05. The van der Waals surface area contributed by atoms with Crippen LogP contribution in [0.2, 0.25) is 0 Å². The molecule has 0 aliphatic carbocycles. The first-order valence-electron chi connectivity index (χ1n) is 3.94. The molecule has 2 heterocycles. The van der Waals surface area contributed by atoms with Crippen LogP contribution in [-0.4, -0.2) is 35.8 Å². The van der Waals surface area contributed by atoms with Crippen LogP contribution in [-0.2, 0) is 14.1 Å². The van der Waals surface area contributed by atoms with Gasteiger partial charge in [0.15, 0.2) is 11.4 Å². The highest BCUT2D eigenvalue weighted by Gasteiger charge is 2.15. The molecule has 0 amide bonds. The minimum absolute atomic E-state index is 0.271. The van der Waals surface area contributed by atoms with Gasteiger partial charge in [-0.2, -0.15) is 15.0 Å². The van der Waals surface area contributed by atoms with E-state index in [-0.39, 0.29) is 17.2 Å². The summed E-state index contributed by atoms with van der Waals surface area (Å²) in [7, 11) is 3.34. The zero-order valence-corrected chi connectivity index (χ0v) is 7.75. The van der Waals surface area contributed by atoms with Crippen LogP contribution in [0.3, 0.4) is 0 Å². The SMILES string of the molecule is Cn1cc(C(=O)c2cnn(C)n2)nn1. The molecule has 0 aliphatic rings. The summed E-state index contributed by atoms with van der Waals surface area (Å²) in [6.45, 7) is 0. The number of carbonyl (C=O) groups excluding carboxylic acids is 1. The monoisotopic (exact) mass is 192 g/mol. The summed E-state index contributed by atoms with van der Waals surface area (Å²) in [6.07, 6.45) is 2.94. The van der Waals surface area contributed by atoms with Crippen molar-refractivity contribution in [3.63, 3.8) is 0 Å². The molecular formula is C7H8N6O. The van der Waals surface area contributed by atoms with E-state index in [4.69, 9.17) is 0 Å². The number of hydrogen-bond donors (Lipinski definition) is 0. The van der Waals surface area contributed by atoms with Crippen molar-refractivity contribution in [3.05, 3.63) is 23.8 Å². The second kappa shape index (κ2) is 3.02. The Labute approximate surface area is 79.3 Å². The molecule has 0 atom stereocenters. The lowest BCUT2D eigenvalue weighted by Gasteiger charge is -1.87. The molecule has 7 heteroatoms. The molecule has 0 saturated carbocycles. The van der Waals surface area contributed by atoms with Gasteiger partial charge in [0.25, 0.3) is 0 Å². The largest absolute Gasteiger partial charge is 0.285 e. The van der Waals surface area contributed by atoms with Crippen molar-refractivity contribution in [1.82, 2.24) is 30.0 Å². The van der Waals surface area contributed by atoms with Gasteiger partial charge in [-0.05, 0) is 0 Å². The highest BCUT2D eigenvalue weighted by atomic mass is 16.1. The van der Waals surface area contributed by atoms with Crippen LogP contribution in [0.4, 0.5) is 0 Å². The van der Waals surface area contributed by atoms with Crippen molar-refractivity contribution >= 4 is 5.78 Å². The Balaban J connectivity index is 2.33. The van der Waals surface area contributed by atoms with Crippen molar-refractivity contribution in [1.29, 1.82) is 0 Å². The van der Waals surface area contributed by atoms with Crippen LogP contribution in [0.15, 0.2) is 12.4 Å². The lowest BCUT2D eigenvalue weighted by Crippen LogP contribution is -2.03. The van der Waals surface area contributed by atoms with Crippen LogP contribution in [0.25, 0.3) is 0 Å². The van der Waals surface area contributed by atoms with E-state index in [2.05, 4.69) is 20.5 Å². The van der Waals surface area contributed by atoms with Gasteiger partial charge in [0, 0.05) is 14.1 Å². The quantitative estimate of drug-likeness (QED) is 0.580. The predicted molar refractivity (Wildman–Crippen MR) is 45.4 cm³/mol. The van der Waals surface area contributed by atoms with Gasteiger partial charge in [0.1, 0.15) is 0 Å². The normalized spacial score (nSPS) is 10.4. The van der Waals surface area contributed by atoms with Crippen LogP contribution in [0, 0.1) is 0 Å². The zero-order chi connectivity index (χ0) is 10.1. The van der Waals surface area contributed by atoms with Crippen LogP contribution in [0.5, 0.6) is 0 Å². The second-order valence-corrected chi connectivity index (χ2v) is 2.83. The van der Waals surface area contributed by atoms with Crippen molar-refractivity contribution in [2.45, 2.75) is 0 Å². The van der Waals surface area contributed by atoms with Crippen LogP contribution in [0.1, 0.15) is 16.2 Å². The molecule has 0 bridgehead atoms. The Morgan fingerprint density at radius 3 is 2.64 bits per heavy atom. The number of hydrogen-bond acceptors (Lipinski definition) is 5. The molecule has 2 aromatic rings. The molecule has 0 N–H and O–H groups in total. The van der Waals surface area contributed by atoms with Crippen molar-refractivity contribution in [2.24, 2.45) is 14.1 Å². The Bertz CT molecular complexity index is 428. The van der Waals surface area contributed by atoms with Gasteiger partial charge in [0.05, 0.1) is 12.4 Å². The number of rotatable bonds is 2. The third-order valence-corrected chi connectivity index (χ3v) is 1.67. The first-order valence-corrected chi connectivity index (χ1v) is 3.94. The molecule has 7 nitrogen and oxygen atoms in total. The van der Waals surface area contributed by atoms with E-state index in [1.165, 1.54) is 21.9 Å². The summed E-state index contributed by atoms with van der Waals surface area (Å²) in [4.78, 5) is 13.0. The molecule has 2 rings (SSSR count). The summed E-state index contributed by atoms with van der Waals surface area (Å²) < 4.78 is 1.46. The average molecular weight is 192 g/mol. The molecule has 0 unspecified atom stereocenters. The lowest BCUT2D eigenvalue weighted by atomic mass is 10.2. The molecule has 0 radical (unpaired) electrons. The molecule has 0 aromatic carbocycles. The molecule has 0 saturated heterocycles. The standard InChI is InChI=1S/C7H8N6O/c1-12-4-6(9-11-12)7(14)5-3-8-13(2)10-5/h3-4H,1-2H3. The van der Waals surface area contributed by atoms with E-state index >= 15 is 0 Å². The van der Waals surface area contributed by atoms with E-state index in [9.17, 15) is 4.79 Å². The molecule has 0 spiro atoms. The third-order valence-electron chi connectivity index (χ3n) is 1.67. The number of nitrogens with zero attached hydrogens (tertiary/aromatic N) is 6. The zero-order valence-electron chi connectivity index (χ0n) is 7.75. The Kier molecular flexibility index (Phi) is 1.84. The van der Waals surface area contributed by atoms with Gasteiger partial charge >= 0.3 is 0 Å². The lowest BCUT2D eigenvalue weighted by molar-refractivity contribution is 0.102. The Morgan fingerprint density at radius 2 is 2.14 bits per heavy atom. The van der Waals surface area contributed by atoms with Crippen molar-refractivity contribution < 1.29 is 4.79 Å². The maximum absolute atomic E-state index is 11.6. The number of aromatic nitrogens is 6. The van der Waals surface area contributed by atoms with Crippen LogP contribution < -0.4 is 0 Å². The van der Waals surface area contributed by atoms with Crippen molar-refractivity contribution in [3.8, 4) is 0 Å². The fourth-order valence-electron chi connectivity index (χ4n) is 1.03. The van der Waals surface area contributed by atoms with E-state index in [1.54, 1.807) is 14.1 Å². The van der Waals surface area contributed by atoms with Gasteiger partial charge in [-0.15, -0.1) is 5.10 Å². The number of aryl methyl sites for hydroxylation is 2. The van der Waals surface area contributed by atoms with Crippen LogP contribution >= 0.6 is 0 Å². The van der Waals surface area contributed by atoms with E-state index in [0.717, 1.165) is 0 Å². The minimum Gasteiger partial charge on any atom is -0.285 e. The summed E-state index contributed by atoms with van der Waals surface area (Å²) in [6, 6.07) is 0. The van der Waals surface area contributed by atoms with Gasteiger partial charge in [-0.3, -0.25) is 9.48 Å². The molecule has 14 heavy (non-hydrogen) atoms. The van der Waals surface area contributed by atoms with Gasteiger partial charge in [-0.1, -0.05) is 5.21 Å². The molecule has 2 aromatic heterocycles. The highest BCUT2D eigenvalue weighted by molar-refractivity contribution is 6.05. The predicted octanol–water partition coefficient (Wildman–Crippen LogP) is -0.825. The minimum atomic E-state index is -0.272. The molecular weight excluding hydrogens is 184 g/mol. The number of ketones is 1. The fourth-order valence-corrected chi connectivity index (χ4v) is 1.03. The van der Waals surface area contributed by atoms with Gasteiger partial charge < -0.3 is 0 Å². The first-order chi connectivity index (χ1) is 6.66. The maximum Gasteiger partial charge on any atom is 0.236 e. The number of carbonyl (C=O) groups is 1. The summed E-state index contributed by atoms with van der Waals surface area (Å²) in [5.41, 5.74) is 0.543. The smallest absolute Gasteiger partial charge is 0.236 e. The van der Waals surface area contributed by atoms with E-state index in [0.29, 0.717) is 0 Å². The van der Waals surface area contributed by atoms with E-state index in [1.807, 2.05) is 0 Å². The first kappa shape index (κ1) is 8.54. The summed E-state index contributed by atoms with van der Waals surface area (Å²) in [5.74, 6) is -0.272. The third kappa shape index (κ3) is 1.39. The van der Waals surface area contributed by atoms with Gasteiger partial charge in [-0.25, -0.2) is 0 Å². The Morgan fingerprint density at radius 1 is 1.36 bits per heavy atom. The van der Waals surface area contributed by atoms with Gasteiger partial charge in [0.2, 0.25) is 5.78 Å². The topological polar surface area (TPSA) is 78.5 Å². The molecule has 0 fully saturated rings. The average Bonchev–Trinajstić information content (AvgIpc) is 2.73. The fraction of sp³-hybridized carbons (Fsp3) is 0.286. The second-order valence-electron chi connectivity index (χ2n) is 2.83. The molecule has 0 aliphatic heterocycles. The summed E-state index contributed by atoms with van der Waals surface area (Å²) >= 11 is 0. The van der Waals surface area contributed by atoms with E-state index < -0.39 is 0 Å². The maximum atomic E-state index is 11.6. The van der Waals surface area contributed by atoms with Crippen molar-refractivity contribution in [2.75, 3.05) is 0 Å². The molecule has 72 valence electrons. The summed E-state index contributed by atoms with van der Waals surface area (Å²) in [5, 5.41) is 15.0. The highest BCUT2D eigenvalue weighted by Crippen LogP contribution is 2.01.